The minimum absolute atomic E-state index is 0.0333. The predicted octanol–water partition coefficient (Wildman–Crippen LogP) is 4.36. The van der Waals surface area contributed by atoms with Gasteiger partial charge in [-0.2, -0.15) is 0 Å². The first kappa shape index (κ1) is 15.0. The Morgan fingerprint density at radius 3 is 2.00 bits per heavy atom. The quantitative estimate of drug-likeness (QED) is 0.615. The molecule has 3 heteroatoms. The molecule has 0 aromatic heterocycles. The maximum atomic E-state index is 10.3. The maximum Gasteiger partial charge on any atom is 0.142 e. The summed E-state index contributed by atoms with van der Waals surface area (Å²) in [5.74, 6) is 0.289. The van der Waals surface area contributed by atoms with E-state index in [4.69, 9.17) is 12.2 Å². The van der Waals surface area contributed by atoms with Crippen molar-refractivity contribution < 1.29 is 5.11 Å². The average Bonchev–Trinajstić information content (AvgIpc) is 2.17. The summed E-state index contributed by atoms with van der Waals surface area (Å²) in [7, 11) is 0. The van der Waals surface area contributed by atoms with Crippen molar-refractivity contribution in [2.75, 3.05) is 5.32 Å². The first-order valence-electron chi connectivity index (χ1n) is 6.15. The Balaban J connectivity index is 3.52. The summed E-state index contributed by atoms with van der Waals surface area (Å²) in [5.41, 5.74) is 4.16. The molecule has 100 valence electrons. The van der Waals surface area contributed by atoms with Crippen LogP contribution in [0.1, 0.15) is 52.7 Å². The highest BCUT2D eigenvalue weighted by molar-refractivity contribution is 7.79. The lowest BCUT2D eigenvalue weighted by atomic mass is 9.80. The Bertz CT molecular complexity index is 453. The summed E-state index contributed by atoms with van der Waals surface area (Å²) in [4.78, 5) is 0. The molecule has 0 aliphatic carbocycles. The fourth-order valence-electron chi connectivity index (χ4n) is 1.81. The zero-order valence-electron chi connectivity index (χ0n) is 12.1. The summed E-state index contributed by atoms with van der Waals surface area (Å²) < 4.78 is 0. The Morgan fingerprint density at radius 2 is 1.61 bits per heavy atom. The number of anilines is 1. The van der Waals surface area contributed by atoms with Gasteiger partial charge in [0.25, 0.3) is 0 Å². The topological polar surface area (TPSA) is 32.3 Å². The van der Waals surface area contributed by atoms with Crippen molar-refractivity contribution >= 4 is 23.4 Å². The van der Waals surface area contributed by atoms with E-state index in [2.05, 4.69) is 52.9 Å². The van der Waals surface area contributed by atoms with Crippen LogP contribution < -0.4 is 5.32 Å². The van der Waals surface area contributed by atoms with Crippen LogP contribution in [0.15, 0.2) is 12.1 Å². The van der Waals surface area contributed by atoms with E-state index in [1.54, 1.807) is 0 Å². The monoisotopic (exact) mass is 265 g/mol. The van der Waals surface area contributed by atoms with Crippen molar-refractivity contribution in [2.24, 2.45) is 0 Å². The second-order valence-corrected chi connectivity index (χ2v) is 6.92. The molecule has 0 amide bonds. The number of hydrogen-bond acceptors (Lipinski definition) is 2. The van der Waals surface area contributed by atoms with Crippen molar-refractivity contribution in [2.45, 2.75) is 52.4 Å². The number of nitrogens with one attached hydrogen (secondary N) is 1. The molecule has 0 fully saturated rings. The highest BCUT2D eigenvalue weighted by Crippen LogP contribution is 2.39. The second-order valence-electron chi connectivity index (χ2n) is 6.68. The molecule has 0 radical (unpaired) electrons. The first-order chi connectivity index (χ1) is 8.07. The van der Waals surface area contributed by atoms with E-state index in [0.29, 0.717) is 5.69 Å². The molecular formula is C15H23NOS. The van der Waals surface area contributed by atoms with E-state index >= 15 is 0 Å². The van der Waals surface area contributed by atoms with Crippen LogP contribution in [-0.4, -0.2) is 10.6 Å². The number of rotatable bonds is 2. The Labute approximate surface area is 115 Å². The molecule has 0 unspecified atom stereocenters. The fourth-order valence-corrected chi connectivity index (χ4v) is 1.94. The summed E-state index contributed by atoms with van der Waals surface area (Å²) in [6, 6.07) is 4.05. The zero-order chi connectivity index (χ0) is 14.1. The largest absolute Gasteiger partial charge is 0.505 e. The van der Waals surface area contributed by atoms with Gasteiger partial charge in [-0.1, -0.05) is 59.8 Å². The Morgan fingerprint density at radius 1 is 1.06 bits per heavy atom. The molecule has 2 N–H and O–H groups in total. The van der Waals surface area contributed by atoms with E-state index in [1.165, 1.54) is 11.1 Å². The van der Waals surface area contributed by atoms with Gasteiger partial charge in [0.05, 0.1) is 11.2 Å². The van der Waals surface area contributed by atoms with Gasteiger partial charge in [-0.25, -0.2) is 0 Å². The van der Waals surface area contributed by atoms with Gasteiger partial charge in [-0.15, -0.1) is 0 Å². The number of thiocarbonyl (C=S) groups is 1. The van der Waals surface area contributed by atoms with Crippen LogP contribution >= 0.6 is 12.2 Å². The van der Waals surface area contributed by atoms with Crippen LogP contribution in [0.2, 0.25) is 0 Å². The number of phenols is 1. The smallest absolute Gasteiger partial charge is 0.142 e. The minimum atomic E-state index is -0.108. The average molecular weight is 265 g/mol. The molecule has 18 heavy (non-hydrogen) atoms. The van der Waals surface area contributed by atoms with Crippen LogP contribution in [0.25, 0.3) is 0 Å². The normalized spacial score (nSPS) is 12.3. The molecule has 1 rings (SSSR count). The van der Waals surface area contributed by atoms with Gasteiger partial charge >= 0.3 is 0 Å². The second kappa shape index (κ2) is 4.88. The van der Waals surface area contributed by atoms with Gasteiger partial charge in [0, 0.05) is 5.56 Å². The van der Waals surface area contributed by atoms with E-state index in [9.17, 15) is 5.11 Å². The van der Waals surface area contributed by atoms with Crippen LogP contribution in [0.5, 0.6) is 5.75 Å². The molecule has 0 spiro atoms. The Hall–Kier alpha value is -1.09. The molecule has 0 saturated carbocycles. The van der Waals surface area contributed by atoms with E-state index in [1.807, 2.05) is 6.07 Å². The maximum absolute atomic E-state index is 10.3. The molecular weight excluding hydrogens is 242 g/mol. The number of hydrogen-bond donors (Lipinski definition) is 2. The molecule has 0 saturated heterocycles. The standard InChI is InChI=1S/C15H23NOS/c1-14(2,3)10-7-11(15(4,5)6)13(17)12(8-10)16-9-18/h7-9,17H,1-6H3,(H,16,18). The summed E-state index contributed by atoms with van der Waals surface area (Å²) >= 11 is 4.82. The van der Waals surface area contributed by atoms with Crippen LogP contribution in [0.3, 0.4) is 0 Å². The minimum Gasteiger partial charge on any atom is -0.505 e. The fraction of sp³-hybridized carbons (Fsp3) is 0.533. The Kier molecular flexibility index (Phi) is 4.06. The summed E-state index contributed by atoms with van der Waals surface area (Å²) in [5, 5.41) is 13.3. The van der Waals surface area contributed by atoms with Gasteiger partial charge in [0.2, 0.25) is 0 Å². The molecule has 1 aromatic carbocycles. The zero-order valence-corrected chi connectivity index (χ0v) is 12.9. The third-order valence-corrected chi connectivity index (χ3v) is 3.12. The van der Waals surface area contributed by atoms with Crippen molar-refractivity contribution in [3.05, 3.63) is 23.3 Å². The lowest BCUT2D eigenvalue weighted by Gasteiger charge is -2.27. The van der Waals surface area contributed by atoms with Crippen molar-refractivity contribution in [1.82, 2.24) is 0 Å². The molecule has 2 nitrogen and oxygen atoms in total. The van der Waals surface area contributed by atoms with Gasteiger partial charge in [0.15, 0.2) is 0 Å². The lowest BCUT2D eigenvalue weighted by molar-refractivity contribution is 0.447. The van der Waals surface area contributed by atoms with Crippen molar-refractivity contribution in [1.29, 1.82) is 0 Å². The number of aromatic hydroxyl groups is 1. The highest BCUT2D eigenvalue weighted by Gasteiger charge is 2.24. The molecule has 0 bridgehead atoms. The van der Waals surface area contributed by atoms with Crippen LogP contribution in [0, 0.1) is 0 Å². The third kappa shape index (κ3) is 3.22. The molecule has 0 aliphatic rings. The van der Waals surface area contributed by atoms with Gasteiger partial charge in [-0.3, -0.25) is 0 Å². The molecule has 0 heterocycles. The third-order valence-electron chi connectivity index (χ3n) is 3.00. The lowest BCUT2D eigenvalue weighted by Crippen LogP contribution is -2.17. The molecule has 0 atom stereocenters. The van der Waals surface area contributed by atoms with Gasteiger partial charge in [-0.05, 0) is 22.5 Å². The van der Waals surface area contributed by atoms with E-state index < -0.39 is 0 Å². The van der Waals surface area contributed by atoms with Crippen LogP contribution in [-0.2, 0) is 10.8 Å². The highest BCUT2D eigenvalue weighted by atomic mass is 32.1. The van der Waals surface area contributed by atoms with Gasteiger partial charge in [0.1, 0.15) is 5.75 Å². The molecule has 0 aliphatic heterocycles. The SMILES string of the molecule is CC(C)(C)c1cc(NC=S)c(O)c(C(C)(C)C)c1. The van der Waals surface area contributed by atoms with Crippen LogP contribution in [0.4, 0.5) is 5.69 Å². The predicted molar refractivity (Wildman–Crippen MR) is 82.8 cm³/mol. The number of benzene rings is 1. The molecule has 1 aromatic rings. The summed E-state index contributed by atoms with van der Waals surface area (Å²) in [6.45, 7) is 12.8. The van der Waals surface area contributed by atoms with Gasteiger partial charge < -0.3 is 10.4 Å². The summed E-state index contributed by atoms with van der Waals surface area (Å²) in [6.07, 6.45) is 0. The first-order valence-corrected chi connectivity index (χ1v) is 6.62. The van der Waals surface area contributed by atoms with Crippen molar-refractivity contribution in [3.63, 3.8) is 0 Å². The van der Waals surface area contributed by atoms with Crippen molar-refractivity contribution in [3.8, 4) is 5.75 Å². The number of phenolic OH excluding ortho intramolecular Hbond substituents is 1. The van der Waals surface area contributed by atoms with E-state index in [0.717, 1.165) is 5.56 Å². The van der Waals surface area contributed by atoms with E-state index in [-0.39, 0.29) is 16.6 Å².